The quantitative estimate of drug-likeness (QED) is 0.170. The van der Waals surface area contributed by atoms with Crippen LogP contribution >= 0.6 is 11.6 Å². The van der Waals surface area contributed by atoms with Crippen LogP contribution in [0.5, 0.6) is 5.88 Å². The zero-order chi connectivity index (χ0) is 33.0. The first-order chi connectivity index (χ1) is 23.4. The van der Waals surface area contributed by atoms with Crippen LogP contribution < -0.4 is 10.1 Å². The van der Waals surface area contributed by atoms with Crippen molar-refractivity contribution in [1.82, 2.24) is 19.4 Å². The number of amides is 1. The number of benzene rings is 3. The summed E-state index contributed by atoms with van der Waals surface area (Å²) in [5, 5.41) is 12.5. The summed E-state index contributed by atoms with van der Waals surface area (Å²) in [5.74, 6) is 1.05. The van der Waals surface area contributed by atoms with Crippen LogP contribution in [0.2, 0.25) is 5.02 Å². The molecule has 0 saturated carbocycles. The molecular formula is C37H34ClFN6O3. The van der Waals surface area contributed by atoms with Crippen LogP contribution in [0.25, 0.3) is 11.0 Å². The number of nitrogens with one attached hydrogen (secondary N) is 1. The molecule has 11 heteroatoms. The number of fused-ring (bicyclic) bond motifs is 1. The number of imidazole rings is 1. The fraction of sp³-hybridized carbons (Fsp3) is 0.297. The lowest BCUT2D eigenvalue weighted by Crippen LogP contribution is -2.35. The van der Waals surface area contributed by atoms with Gasteiger partial charge in [0.05, 0.1) is 41.9 Å². The molecule has 2 aliphatic rings. The number of nitriles is 1. The topological polar surface area (TPSA) is 105 Å². The lowest BCUT2D eigenvalue weighted by molar-refractivity contribution is -0.0592. The second-order valence-electron chi connectivity index (χ2n) is 12.2. The number of hydrogen-bond donors (Lipinski definition) is 1. The zero-order valence-electron chi connectivity index (χ0n) is 26.2. The summed E-state index contributed by atoms with van der Waals surface area (Å²) in [4.78, 5) is 25.1. The van der Waals surface area contributed by atoms with Crippen LogP contribution in [-0.4, -0.2) is 51.1 Å². The van der Waals surface area contributed by atoms with Crippen LogP contribution in [0.3, 0.4) is 0 Å². The number of nitrogens with zero attached hydrogens (tertiary/aromatic N) is 5. The predicted octanol–water partition coefficient (Wildman–Crippen LogP) is 7.10. The van der Waals surface area contributed by atoms with Gasteiger partial charge in [-0.15, -0.1) is 0 Å². The summed E-state index contributed by atoms with van der Waals surface area (Å²) in [6.07, 6.45) is 3.06. The van der Waals surface area contributed by atoms with Gasteiger partial charge in [-0.2, -0.15) is 5.26 Å². The number of rotatable bonds is 10. The number of carbonyl (C=O) groups excluding carboxylic acids is 1. The molecule has 4 heterocycles. The van der Waals surface area contributed by atoms with Crippen LogP contribution in [0.4, 0.5) is 10.1 Å². The van der Waals surface area contributed by atoms with Gasteiger partial charge in [0.25, 0.3) is 5.91 Å². The number of pyridine rings is 1. The Bertz CT molecular complexity index is 2000. The lowest BCUT2D eigenvalue weighted by Gasteiger charge is -2.32. The minimum atomic E-state index is -0.397. The molecule has 3 aromatic carbocycles. The van der Waals surface area contributed by atoms with Crippen molar-refractivity contribution in [1.29, 1.82) is 5.26 Å². The third-order valence-corrected chi connectivity index (χ3v) is 9.26. The molecule has 1 amide bonds. The van der Waals surface area contributed by atoms with Crippen molar-refractivity contribution in [3.8, 4) is 11.9 Å². The molecule has 244 valence electrons. The van der Waals surface area contributed by atoms with Gasteiger partial charge in [0.2, 0.25) is 5.88 Å². The maximum absolute atomic E-state index is 14.2. The normalized spacial score (nSPS) is 16.7. The Labute approximate surface area is 282 Å². The highest BCUT2D eigenvalue weighted by Crippen LogP contribution is 2.30. The molecule has 2 fully saturated rings. The van der Waals surface area contributed by atoms with Crippen molar-refractivity contribution < 1.29 is 18.7 Å². The molecule has 2 saturated heterocycles. The van der Waals surface area contributed by atoms with E-state index in [4.69, 9.17) is 31.0 Å². The van der Waals surface area contributed by atoms with Crippen molar-refractivity contribution in [3.63, 3.8) is 0 Å². The number of ether oxygens (including phenoxy) is 2. The fourth-order valence-corrected chi connectivity index (χ4v) is 6.42. The zero-order valence-corrected chi connectivity index (χ0v) is 27.0. The Balaban J connectivity index is 1.01. The fourth-order valence-electron chi connectivity index (χ4n) is 6.26. The monoisotopic (exact) mass is 664 g/mol. The van der Waals surface area contributed by atoms with Gasteiger partial charge in [0, 0.05) is 46.1 Å². The number of hydrogen-bond acceptors (Lipinski definition) is 7. The van der Waals surface area contributed by atoms with E-state index in [0.29, 0.717) is 45.7 Å². The molecule has 0 radical (unpaired) electrons. The highest BCUT2D eigenvalue weighted by molar-refractivity contribution is 6.30. The van der Waals surface area contributed by atoms with Crippen LogP contribution in [0, 0.1) is 17.1 Å². The highest BCUT2D eigenvalue weighted by Gasteiger charge is 2.26. The van der Waals surface area contributed by atoms with E-state index in [9.17, 15) is 14.4 Å². The van der Waals surface area contributed by atoms with Gasteiger partial charge < -0.3 is 19.4 Å². The minimum absolute atomic E-state index is 0.0782. The first-order valence-electron chi connectivity index (χ1n) is 16.1. The van der Waals surface area contributed by atoms with Crippen molar-refractivity contribution in [2.24, 2.45) is 0 Å². The summed E-state index contributed by atoms with van der Waals surface area (Å²) in [5.41, 5.74) is 4.72. The smallest absolute Gasteiger partial charge is 0.255 e. The number of halogens is 2. The summed E-state index contributed by atoms with van der Waals surface area (Å²) in [6, 6.07) is 24.8. The molecule has 9 nitrogen and oxygen atoms in total. The maximum atomic E-state index is 14.2. The molecule has 2 aromatic heterocycles. The van der Waals surface area contributed by atoms with E-state index in [1.807, 2.05) is 30.3 Å². The van der Waals surface area contributed by atoms with E-state index >= 15 is 0 Å². The Kier molecular flexibility index (Phi) is 9.34. The SMILES string of the molecule is N#Cc1cccc(C(=O)Nc2ccc3c(c2)nc(CN2CCC(c4cccc(OCc5ccc(Cl)cc5F)n4)CC2)n3CC2CCO2)c1. The molecule has 0 spiro atoms. The van der Waals surface area contributed by atoms with Crippen molar-refractivity contribution in [2.45, 2.75) is 51.0 Å². The summed E-state index contributed by atoms with van der Waals surface area (Å²) < 4.78 is 28.1. The molecule has 1 N–H and O–H groups in total. The highest BCUT2D eigenvalue weighted by atomic mass is 35.5. The van der Waals surface area contributed by atoms with Gasteiger partial charge in [-0.3, -0.25) is 9.69 Å². The molecule has 0 aliphatic carbocycles. The molecular weight excluding hydrogens is 631 g/mol. The van der Waals surface area contributed by atoms with E-state index in [-0.39, 0.29) is 18.6 Å². The maximum Gasteiger partial charge on any atom is 0.255 e. The van der Waals surface area contributed by atoms with E-state index in [1.165, 1.54) is 6.07 Å². The number of piperidine rings is 1. The first kappa shape index (κ1) is 31.8. The Hall–Kier alpha value is -4.82. The molecule has 1 unspecified atom stereocenters. The summed E-state index contributed by atoms with van der Waals surface area (Å²) in [7, 11) is 0. The summed E-state index contributed by atoms with van der Waals surface area (Å²) in [6.45, 7) is 4.06. The molecule has 0 bridgehead atoms. The third-order valence-electron chi connectivity index (χ3n) is 9.03. The van der Waals surface area contributed by atoms with Gasteiger partial charge in [-0.05, 0) is 86.9 Å². The van der Waals surface area contributed by atoms with Crippen molar-refractivity contribution in [3.05, 3.63) is 118 Å². The average Bonchev–Trinajstić information content (AvgIpc) is 3.42. The Morgan fingerprint density at radius 2 is 1.88 bits per heavy atom. The van der Waals surface area contributed by atoms with Gasteiger partial charge in [0.1, 0.15) is 18.2 Å². The van der Waals surface area contributed by atoms with Gasteiger partial charge in [0.15, 0.2) is 0 Å². The standard InChI is InChI=1S/C37H34ClFN6O3/c38-28-8-7-27(31(39)18-28)23-48-36-6-2-5-32(43-36)25-11-14-44(15-12-25)22-35-42-33-19-29(9-10-34(33)45(35)21-30-13-16-47-30)41-37(46)26-4-1-3-24(17-26)20-40/h1-10,17-19,25,30H,11-16,21-23H2,(H,41,46). The first-order valence-corrected chi connectivity index (χ1v) is 16.5. The number of anilines is 1. The lowest BCUT2D eigenvalue weighted by atomic mass is 9.93. The second kappa shape index (κ2) is 14.1. The number of likely N-dealkylation sites (tertiary alicyclic amines) is 1. The molecule has 7 rings (SSSR count). The summed E-state index contributed by atoms with van der Waals surface area (Å²) >= 11 is 5.87. The predicted molar refractivity (Wildman–Crippen MR) is 180 cm³/mol. The minimum Gasteiger partial charge on any atom is -0.473 e. The van der Waals surface area contributed by atoms with Crippen LogP contribution in [0.15, 0.2) is 78.9 Å². The third kappa shape index (κ3) is 7.19. The van der Waals surface area contributed by atoms with Crippen molar-refractivity contribution in [2.75, 3.05) is 25.0 Å². The Morgan fingerprint density at radius 3 is 2.65 bits per heavy atom. The van der Waals surface area contributed by atoms with E-state index < -0.39 is 5.82 Å². The van der Waals surface area contributed by atoms with Crippen LogP contribution in [0.1, 0.15) is 58.2 Å². The number of carbonyl (C=O) groups is 1. The molecule has 2 aliphatic heterocycles. The average molecular weight is 665 g/mol. The van der Waals surface area contributed by atoms with Crippen molar-refractivity contribution >= 4 is 34.2 Å². The number of aromatic nitrogens is 3. The van der Waals surface area contributed by atoms with Gasteiger partial charge >= 0.3 is 0 Å². The van der Waals surface area contributed by atoms with Gasteiger partial charge in [-0.25, -0.2) is 14.4 Å². The van der Waals surface area contributed by atoms with Gasteiger partial charge in [-0.1, -0.05) is 29.8 Å². The molecule has 48 heavy (non-hydrogen) atoms. The van der Waals surface area contributed by atoms with Crippen LogP contribution in [-0.2, 0) is 24.4 Å². The molecule has 1 atom stereocenters. The van der Waals surface area contributed by atoms with E-state index in [0.717, 1.165) is 68.1 Å². The van der Waals surface area contributed by atoms with E-state index in [1.54, 1.807) is 42.5 Å². The molecule has 5 aromatic rings. The van der Waals surface area contributed by atoms with E-state index in [2.05, 4.69) is 20.9 Å². The second-order valence-corrected chi connectivity index (χ2v) is 12.7. The Morgan fingerprint density at radius 1 is 1.04 bits per heavy atom. The largest absolute Gasteiger partial charge is 0.473 e.